The van der Waals surface area contributed by atoms with Crippen LogP contribution in [0.15, 0.2) is 36.5 Å². The molecule has 3 N–H and O–H groups in total. The number of aryl methyl sites for hydroxylation is 2. The Morgan fingerprint density at radius 2 is 2.14 bits per heavy atom. The summed E-state index contributed by atoms with van der Waals surface area (Å²) in [6.07, 6.45) is 1.56. The summed E-state index contributed by atoms with van der Waals surface area (Å²) in [4.78, 5) is 19.4. The summed E-state index contributed by atoms with van der Waals surface area (Å²) in [7, 11) is 0. The number of aromatic hydroxyl groups is 1. The van der Waals surface area contributed by atoms with Gasteiger partial charge >= 0.3 is 0 Å². The molecule has 0 aliphatic rings. The molecule has 0 aliphatic heterocycles. The van der Waals surface area contributed by atoms with Gasteiger partial charge in [0.25, 0.3) is 5.91 Å². The minimum Gasteiger partial charge on any atom is -0.505 e. The summed E-state index contributed by atoms with van der Waals surface area (Å²) in [5, 5.41) is 13.7. The van der Waals surface area contributed by atoms with E-state index in [2.05, 4.69) is 21.4 Å². The number of carbonyl (C=O) groups excluding carboxylic acids is 1. The zero-order valence-electron chi connectivity index (χ0n) is 12.5. The number of hydrogen-bond acceptors (Lipinski definition) is 3. The van der Waals surface area contributed by atoms with E-state index in [1.54, 1.807) is 6.20 Å². The molecule has 3 aromatic rings. The molecule has 2 aromatic heterocycles. The van der Waals surface area contributed by atoms with Crippen molar-refractivity contribution in [3.8, 4) is 5.75 Å². The molecule has 0 radical (unpaired) electrons. The highest BCUT2D eigenvalue weighted by molar-refractivity contribution is 5.95. The highest BCUT2D eigenvalue weighted by atomic mass is 16.3. The minimum atomic E-state index is -0.387. The first-order valence-corrected chi connectivity index (χ1v) is 7.05. The van der Waals surface area contributed by atoms with Crippen molar-refractivity contribution in [2.75, 3.05) is 0 Å². The molecule has 0 saturated carbocycles. The van der Waals surface area contributed by atoms with Gasteiger partial charge in [0.2, 0.25) is 0 Å². The fourth-order valence-electron chi connectivity index (χ4n) is 2.50. The molecule has 112 valence electrons. The van der Waals surface area contributed by atoms with Gasteiger partial charge in [-0.25, -0.2) is 4.98 Å². The van der Waals surface area contributed by atoms with E-state index in [0.29, 0.717) is 6.54 Å². The Hall–Kier alpha value is -2.82. The number of aromatic nitrogens is 2. The zero-order valence-corrected chi connectivity index (χ0v) is 12.5. The highest BCUT2D eigenvalue weighted by Crippen LogP contribution is 2.20. The topological polar surface area (TPSA) is 78.0 Å². The van der Waals surface area contributed by atoms with Crippen LogP contribution in [0.5, 0.6) is 5.75 Å². The van der Waals surface area contributed by atoms with Gasteiger partial charge in [-0.2, -0.15) is 0 Å². The minimum absolute atomic E-state index is 0.0445. The lowest BCUT2D eigenvalue weighted by Gasteiger charge is -2.07. The maximum atomic E-state index is 12.1. The van der Waals surface area contributed by atoms with Crippen LogP contribution in [0, 0.1) is 13.8 Å². The number of nitrogens with zero attached hydrogens (tertiary/aromatic N) is 1. The van der Waals surface area contributed by atoms with Crippen LogP contribution in [0.4, 0.5) is 0 Å². The van der Waals surface area contributed by atoms with Crippen molar-refractivity contribution < 1.29 is 9.90 Å². The van der Waals surface area contributed by atoms with E-state index in [-0.39, 0.29) is 17.4 Å². The number of H-pyrrole nitrogens is 1. The van der Waals surface area contributed by atoms with Crippen LogP contribution < -0.4 is 5.32 Å². The monoisotopic (exact) mass is 295 g/mol. The van der Waals surface area contributed by atoms with Gasteiger partial charge in [0, 0.05) is 29.3 Å². The van der Waals surface area contributed by atoms with Crippen LogP contribution >= 0.6 is 0 Å². The smallest absolute Gasteiger partial charge is 0.274 e. The number of carbonyl (C=O) groups is 1. The predicted octanol–water partition coefficient (Wildman–Crippen LogP) is 2.82. The average molecular weight is 295 g/mol. The SMILES string of the molecule is Cc1cnc(C(=O)NCc2cccc3[nH]c(C)cc23)c(O)c1. The molecule has 1 aromatic carbocycles. The maximum Gasteiger partial charge on any atom is 0.274 e. The first-order chi connectivity index (χ1) is 10.5. The van der Waals surface area contributed by atoms with Gasteiger partial charge in [0.05, 0.1) is 0 Å². The number of rotatable bonds is 3. The molecule has 0 bridgehead atoms. The van der Waals surface area contributed by atoms with Gasteiger partial charge in [-0.05, 0) is 43.2 Å². The normalized spacial score (nSPS) is 10.8. The summed E-state index contributed by atoms with van der Waals surface area (Å²) in [6, 6.07) is 9.50. The molecule has 0 unspecified atom stereocenters. The molecule has 0 saturated heterocycles. The molecule has 2 heterocycles. The van der Waals surface area contributed by atoms with Crippen molar-refractivity contribution in [2.45, 2.75) is 20.4 Å². The van der Waals surface area contributed by atoms with E-state index < -0.39 is 0 Å². The van der Waals surface area contributed by atoms with Crippen molar-refractivity contribution in [3.05, 3.63) is 59.0 Å². The second-order valence-corrected chi connectivity index (χ2v) is 5.39. The Morgan fingerprint density at radius 1 is 1.32 bits per heavy atom. The molecular weight excluding hydrogens is 278 g/mol. The first kappa shape index (κ1) is 14.1. The lowest BCUT2D eigenvalue weighted by molar-refractivity contribution is 0.0943. The molecule has 0 atom stereocenters. The van der Waals surface area contributed by atoms with Crippen LogP contribution in [0.2, 0.25) is 0 Å². The molecule has 3 rings (SSSR count). The molecular formula is C17H17N3O2. The van der Waals surface area contributed by atoms with Crippen LogP contribution in [0.25, 0.3) is 10.9 Å². The molecule has 1 amide bonds. The molecule has 5 heteroatoms. The van der Waals surface area contributed by atoms with Gasteiger partial charge in [-0.1, -0.05) is 12.1 Å². The predicted molar refractivity (Wildman–Crippen MR) is 84.8 cm³/mol. The van der Waals surface area contributed by atoms with Gasteiger partial charge in [0.15, 0.2) is 5.69 Å². The number of hydrogen-bond donors (Lipinski definition) is 3. The van der Waals surface area contributed by atoms with E-state index in [4.69, 9.17) is 0 Å². The number of fused-ring (bicyclic) bond motifs is 1. The second kappa shape index (κ2) is 5.52. The van der Waals surface area contributed by atoms with Gasteiger partial charge in [-0.3, -0.25) is 4.79 Å². The van der Waals surface area contributed by atoms with Crippen LogP contribution in [0.3, 0.4) is 0 Å². The van der Waals surface area contributed by atoms with E-state index in [1.807, 2.05) is 32.0 Å². The van der Waals surface area contributed by atoms with Crippen molar-refractivity contribution >= 4 is 16.8 Å². The number of amides is 1. The van der Waals surface area contributed by atoms with Crippen molar-refractivity contribution in [1.29, 1.82) is 0 Å². The Bertz CT molecular complexity index is 852. The fraction of sp³-hybridized carbons (Fsp3) is 0.176. The van der Waals surface area contributed by atoms with E-state index in [0.717, 1.165) is 27.7 Å². The first-order valence-electron chi connectivity index (χ1n) is 7.05. The van der Waals surface area contributed by atoms with Crippen molar-refractivity contribution in [3.63, 3.8) is 0 Å². The summed E-state index contributed by atoms with van der Waals surface area (Å²) < 4.78 is 0. The van der Waals surface area contributed by atoms with Crippen molar-refractivity contribution in [2.24, 2.45) is 0 Å². The standard InChI is InChI=1S/C17H17N3O2/c1-10-6-15(21)16(18-8-10)17(22)19-9-12-4-3-5-14-13(12)7-11(2)20-14/h3-8,20-21H,9H2,1-2H3,(H,19,22). The molecule has 5 nitrogen and oxygen atoms in total. The Kier molecular flexibility index (Phi) is 3.55. The average Bonchev–Trinajstić information content (AvgIpc) is 2.85. The van der Waals surface area contributed by atoms with Gasteiger partial charge in [-0.15, -0.1) is 0 Å². The van der Waals surface area contributed by atoms with Crippen LogP contribution in [0.1, 0.15) is 27.3 Å². The van der Waals surface area contributed by atoms with Gasteiger partial charge in [0.1, 0.15) is 5.75 Å². The van der Waals surface area contributed by atoms with Crippen molar-refractivity contribution in [1.82, 2.24) is 15.3 Å². The lowest BCUT2D eigenvalue weighted by atomic mass is 10.1. The Balaban J connectivity index is 1.80. The van der Waals surface area contributed by atoms with E-state index >= 15 is 0 Å². The third-order valence-corrected chi connectivity index (χ3v) is 3.55. The van der Waals surface area contributed by atoms with E-state index in [9.17, 15) is 9.90 Å². The zero-order chi connectivity index (χ0) is 15.7. The number of pyridine rings is 1. The summed E-state index contributed by atoms with van der Waals surface area (Å²) in [6.45, 7) is 4.18. The highest BCUT2D eigenvalue weighted by Gasteiger charge is 2.13. The number of nitrogens with one attached hydrogen (secondary N) is 2. The molecule has 0 spiro atoms. The van der Waals surface area contributed by atoms with E-state index in [1.165, 1.54) is 6.07 Å². The summed E-state index contributed by atoms with van der Waals surface area (Å²) >= 11 is 0. The summed E-state index contributed by atoms with van der Waals surface area (Å²) in [5.41, 5.74) is 3.98. The fourth-order valence-corrected chi connectivity index (χ4v) is 2.50. The van der Waals surface area contributed by atoms with Crippen LogP contribution in [-0.2, 0) is 6.54 Å². The Morgan fingerprint density at radius 3 is 2.91 bits per heavy atom. The third-order valence-electron chi connectivity index (χ3n) is 3.55. The van der Waals surface area contributed by atoms with Crippen LogP contribution in [-0.4, -0.2) is 21.0 Å². The molecule has 22 heavy (non-hydrogen) atoms. The third kappa shape index (κ3) is 2.65. The lowest BCUT2D eigenvalue weighted by Crippen LogP contribution is -2.24. The summed E-state index contributed by atoms with van der Waals surface area (Å²) in [5.74, 6) is -0.491. The maximum absolute atomic E-state index is 12.1. The van der Waals surface area contributed by atoms with Gasteiger partial charge < -0.3 is 15.4 Å². The Labute approximate surface area is 128 Å². The second-order valence-electron chi connectivity index (χ2n) is 5.39. The molecule has 0 fully saturated rings. The number of benzene rings is 1. The molecule has 0 aliphatic carbocycles. The quantitative estimate of drug-likeness (QED) is 0.695. The largest absolute Gasteiger partial charge is 0.505 e. The number of aromatic amines is 1.